The first-order valence-corrected chi connectivity index (χ1v) is 5.35. The molecule has 0 aliphatic rings. The van der Waals surface area contributed by atoms with E-state index in [0.29, 0.717) is 11.3 Å². The summed E-state index contributed by atoms with van der Waals surface area (Å²) in [6, 6.07) is 7.62. The van der Waals surface area contributed by atoms with Gasteiger partial charge in [-0.2, -0.15) is 0 Å². The highest BCUT2D eigenvalue weighted by Crippen LogP contribution is 2.37. The second-order valence-electron chi connectivity index (χ2n) is 3.14. The van der Waals surface area contributed by atoms with Gasteiger partial charge in [0.05, 0.1) is 10.7 Å². The molecule has 0 N–H and O–H groups in total. The number of alkyl halides is 3. The summed E-state index contributed by atoms with van der Waals surface area (Å²) in [5, 5.41) is 0. The number of rotatable bonds is 2. The summed E-state index contributed by atoms with van der Waals surface area (Å²) in [5.41, 5.74) is 0.497. The largest absolute Gasteiger partial charge is 0.573 e. The van der Waals surface area contributed by atoms with Gasteiger partial charge in [0.2, 0.25) is 0 Å². The van der Waals surface area contributed by atoms with Gasteiger partial charge in [0.1, 0.15) is 11.5 Å². The Kier molecular flexibility index (Phi) is 3.15. The Balaban J connectivity index is 2.41. The monoisotopic (exact) mass is 306 g/mol. The Morgan fingerprint density at radius 1 is 1.12 bits per heavy atom. The summed E-state index contributed by atoms with van der Waals surface area (Å²) < 4.78 is 45.6. The van der Waals surface area contributed by atoms with Crippen LogP contribution in [-0.2, 0) is 0 Å². The highest BCUT2D eigenvalue weighted by atomic mass is 79.9. The first-order valence-electron chi connectivity index (χ1n) is 4.55. The lowest BCUT2D eigenvalue weighted by Gasteiger charge is -2.12. The van der Waals surface area contributed by atoms with Gasteiger partial charge in [0.25, 0.3) is 0 Å². The number of ether oxygens (including phenoxy) is 1. The molecular formula is C11H6BrF3O2. The van der Waals surface area contributed by atoms with E-state index in [1.165, 1.54) is 18.4 Å². The average Bonchev–Trinajstić information content (AvgIpc) is 2.72. The standard InChI is InChI=1S/C11H6BrF3O2/c12-10-7(8-5-2-6-16-8)3-1-4-9(10)17-11(13,14)15/h1-6H. The van der Waals surface area contributed by atoms with Gasteiger partial charge in [-0.3, -0.25) is 0 Å². The molecule has 1 aromatic carbocycles. The van der Waals surface area contributed by atoms with E-state index in [1.807, 2.05) is 0 Å². The number of benzene rings is 1. The molecule has 1 aromatic heterocycles. The van der Waals surface area contributed by atoms with E-state index in [9.17, 15) is 13.2 Å². The van der Waals surface area contributed by atoms with Crippen molar-refractivity contribution in [1.29, 1.82) is 0 Å². The summed E-state index contributed by atoms with van der Waals surface area (Å²) in [4.78, 5) is 0. The van der Waals surface area contributed by atoms with Gasteiger partial charge in [-0.05, 0) is 40.2 Å². The molecule has 0 aliphatic heterocycles. The SMILES string of the molecule is FC(F)(F)Oc1cccc(-c2ccco2)c1Br. The molecule has 0 amide bonds. The van der Waals surface area contributed by atoms with Gasteiger partial charge in [-0.15, -0.1) is 13.2 Å². The maximum absolute atomic E-state index is 12.1. The maximum Gasteiger partial charge on any atom is 0.573 e. The minimum absolute atomic E-state index is 0.201. The van der Waals surface area contributed by atoms with Crippen molar-refractivity contribution in [3.05, 3.63) is 41.1 Å². The Labute approximate surface area is 103 Å². The van der Waals surface area contributed by atoms with Crippen LogP contribution in [0.3, 0.4) is 0 Å². The van der Waals surface area contributed by atoms with Crippen molar-refractivity contribution < 1.29 is 22.3 Å². The van der Waals surface area contributed by atoms with Gasteiger partial charge in [0.15, 0.2) is 0 Å². The van der Waals surface area contributed by atoms with Crippen LogP contribution in [-0.4, -0.2) is 6.36 Å². The topological polar surface area (TPSA) is 22.4 Å². The number of hydrogen-bond acceptors (Lipinski definition) is 2. The van der Waals surface area contributed by atoms with Gasteiger partial charge in [0, 0.05) is 5.56 Å². The van der Waals surface area contributed by atoms with Crippen molar-refractivity contribution in [2.75, 3.05) is 0 Å². The summed E-state index contributed by atoms with van der Waals surface area (Å²) in [6.07, 6.45) is -3.27. The molecule has 2 aromatic rings. The first-order chi connectivity index (χ1) is 7.97. The molecule has 0 saturated heterocycles. The highest BCUT2D eigenvalue weighted by Gasteiger charge is 2.32. The molecule has 1 heterocycles. The van der Waals surface area contributed by atoms with Gasteiger partial charge < -0.3 is 9.15 Å². The smallest absolute Gasteiger partial charge is 0.464 e. The minimum Gasteiger partial charge on any atom is -0.464 e. The second kappa shape index (κ2) is 4.44. The molecule has 90 valence electrons. The molecule has 0 radical (unpaired) electrons. The van der Waals surface area contributed by atoms with Crippen LogP contribution in [0.5, 0.6) is 5.75 Å². The number of hydrogen-bond donors (Lipinski definition) is 0. The molecule has 0 bridgehead atoms. The third-order valence-corrected chi connectivity index (χ3v) is 2.79. The van der Waals surface area contributed by atoms with Crippen LogP contribution in [0.4, 0.5) is 13.2 Å². The van der Waals surface area contributed by atoms with Crippen molar-refractivity contribution >= 4 is 15.9 Å². The predicted octanol–water partition coefficient (Wildman–Crippen LogP) is 4.61. The zero-order chi connectivity index (χ0) is 12.5. The molecule has 0 atom stereocenters. The molecule has 2 rings (SSSR count). The van der Waals surface area contributed by atoms with E-state index in [0.717, 1.165) is 0 Å². The molecule has 0 saturated carbocycles. The summed E-state index contributed by atoms with van der Waals surface area (Å²) in [5.74, 6) is 0.163. The van der Waals surface area contributed by atoms with Gasteiger partial charge in [-0.25, -0.2) is 0 Å². The van der Waals surface area contributed by atoms with Crippen LogP contribution in [0.2, 0.25) is 0 Å². The summed E-state index contributed by atoms with van der Waals surface area (Å²) in [6.45, 7) is 0. The Morgan fingerprint density at radius 3 is 2.47 bits per heavy atom. The predicted molar refractivity (Wildman–Crippen MR) is 58.5 cm³/mol. The Hall–Kier alpha value is -1.43. The normalized spacial score (nSPS) is 11.5. The Bertz CT molecular complexity index is 506. The van der Waals surface area contributed by atoms with Crippen LogP contribution in [0, 0.1) is 0 Å². The zero-order valence-electron chi connectivity index (χ0n) is 8.29. The van der Waals surface area contributed by atoms with E-state index >= 15 is 0 Å². The van der Waals surface area contributed by atoms with E-state index < -0.39 is 6.36 Å². The number of furan rings is 1. The van der Waals surface area contributed by atoms with Crippen molar-refractivity contribution in [1.82, 2.24) is 0 Å². The third-order valence-electron chi connectivity index (χ3n) is 1.98. The fourth-order valence-electron chi connectivity index (χ4n) is 1.34. The molecule has 0 unspecified atom stereocenters. The van der Waals surface area contributed by atoms with Crippen molar-refractivity contribution in [3.8, 4) is 17.1 Å². The summed E-state index contributed by atoms with van der Waals surface area (Å²) >= 11 is 3.07. The minimum atomic E-state index is -4.72. The highest BCUT2D eigenvalue weighted by molar-refractivity contribution is 9.10. The van der Waals surface area contributed by atoms with E-state index in [1.54, 1.807) is 18.2 Å². The molecule has 17 heavy (non-hydrogen) atoms. The zero-order valence-corrected chi connectivity index (χ0v) is 9.88. The molecule has 0 aliphatic carbocycles. The second-order valence-corrected chi connectivity index (χ2v) is 3.94. The van der Waals surface area contributed by atoms with Crippen LogP contribution in [0.15, 0.2) is 45.5 Å². The van der Waals surface area contributed by atoms with Gasteiger partial charge >= 0.3 is 6.36 Å². The van der Waals surface area contributed by atoms with E-state index in [-0.39, 0.29) is 10.2 Å². The lowest BCUT2D eigenvalue weighted by Crippen LogP contribution is -2.17. The third kappa shape index (κ3) is 2.82. The van der Waals surface area contributed by atoms with Crippen molar-refractivity contribution in [2.24, 2.45) is 0 Å². The molecule has 2 nitrogen and oxygen atoms in total. The summed E-state index contributed by atoms with van der Waals surface area (Å²) in [7, 11) is 0. The Morgan fingerprint density at radius 2 is 1.88 bits per heavy atom. The molecule has 0 fully saturated rings. The van der Waals surface area contributed by atoms with Crippen LogP contribution < -0.4 is 4.74 Å². The van der Waals surface area contributed by atoms with Crippen LogP contribution >= 0.6 is 15.9 Å². The quantitative estimate of drug-likeness (QED) is 0.808. The fourth-order valence-corrected chi connectivity index (χ4v) is 1.88. The van der Waals surface area contributed by atoms with E-state index in [2.05, 4.69) is 20.7 Å². The van der Waals surface area contributed by atoms with Crippen LogP contribution in [0.1, 0.15) is 0 Å². The van der Waals surface area contributed by atoms with Gasteiger partial charge in [-0.1, -0.05) is 6.07 Å². The first kappa shape index (κ1) is 12.0. The lowest BCUT2D eigenvalue weighted by molar-refractivity contribution is -0.274. The van der Waals surface area contributed by atoms with Crippen molar-refractivity contribution in [3.63, 3.8) is 0 Å². The average molecular weight is 307 g/mol. The number of halogens is 4. The van der Waals surface area contributed by atoms with Crippen LogP contribution in [0.25, 0.3) is 11.3 Å². The fraction of sp³-hybridized carbons (Fsp3) is 0.0909. The molecular weight excluding hydrogens is 301 g/mol. The molecule has 6 heteroatoms. The van der Waals surface area contributed by atoms with Crippen molar-refractivity contribution in [2.45, 2.75) is 6.36 Å². The maximum atomic E-state index is 12.1. The lowest BCUT2D eigenvalue weighted by atomic mass is 10.1. The molecule has 0 spiro atoms. The van der Waals surface area contributed by atoms with E-state index in [4.69, 9.17) is 4.42 Å².